The second kappa shape index (κ2) is 7.22. The fourth-order valence-electron chi connectivity index (χ4n) is 2.60. The Balaban J connectivity index is 2.06. The molecule has 1 aromatic carbocycles. The van der Waals surface area contributed by atoms with E-state index in [9.17, 15) is 14.7 Å². The van der Waals surface area contributed by atoms with Crippen molar-refractivity contribution in [3.63, 3.8) is 0 Å². The van der Waals surface area contributed by atoms with E-state index >= 15 is 0 Å². The summed E-state index contributed by atoms with van der Waals surface area (Å²) in [5.41, 5.74) is 0.907. The highest BCUT2D eigenvalue weighted by Crippen LogP contribution is 2.18. The van der Waals surface area contributed by atoms with Gasteiger partial charge < -0.3 is 14.7 Å². The molecule has 0 saturated carbocycles. The van der Waals surface area contributed by atoms with Crippen molar-refractivity contribution in [2.75, 3.05) is 20.3 Å². The molecule has 1 aliphatic heterocycles. The number of carbonyl (C=O) groups is 2. The van der Waals surface area contributed by atoms with Crippen LogP contribution in [0.2, 0.25) is 0 Å². The zero-order chi connectivity index (χ0) is 15.2. The Morgan fingerprint density at radius 2 is 2.10 bits per heavy atom. The van der Waals surface area contributed by atoms with Crippen LogP contribution in [-0.2, 0) is 20.7 Å². The highest BCUT2D eigenvalue weighted by Gasteiger charge is 2.32. The number of carboxylic acid groups (broad SMARTS) is 1. The molecule has 1 saturated heterocycles. The van der Waals surface area contributed by atoms with Crippen molar-refractivity contribution in [3.8, 4) is 0 Å². The fraction of sp³-hybridized carbons (Fsp3) is 0.500. The van der Waals surface area contributed by atoms with Crippen LogP contribution in [0.4, 0.5) is 0 Å². The third-order valence-corrected chi connectivity index (χ3v) is 3.88. The maximum atomic E-state index is 12.4. The average molecular weight is 291 g/mol. The van der Waals surface area contributed by atoms with Crippen LogP contribution in [0.5, 0.6) is 0 Å². The SMILES string of the molecule is CN(C(=O)[C@@H]1CCCOC1)[C@H](Cc1ccccc1)C(=O)O. The summed E-state index contributed by atoms with van der Waals surface area (Å²) in [6, 6.07) is 8.52. The van der Waals surface area contributed by atoms with Crippen molar-refractivity contribution < 1.29 is 19.4 Å². The Morgan fingerprint density at radius 3 is 2.67 bits per heavy atom. The molecule has 21 heavy (non-hydrogen) atoms. The number of likely N-dealkylation sites (N-methyl/N-ethyl adjacent to an activating group) is 1. The summed E-state index contributed by atoms with van der Waals surface area (Å²) in [4.78, 5) is 25.3. The molecule has 5 heteroatoms. The second-order valence-corrected chi connectivity index (χ2v) is 5.41. The van der Waals surface area contributed by atoms with Crippen molar-refractivity contribution in [2.24, 2.45) is 5.92 Å². The number of nitrogens with zero attached hydrogens (tertiary/aromatic N) is 1. The van der Waals surface area contributed by atoms with E-state index in [1.165, 1.54) is 4.90 Å². The smallest absolute Gasteiger partial charge is 0.326 e. The number of benzene rings is 1. The highest BCUT2D eigenvalue weighted by molar-refractivity contribution is 5.85. The lowest BCUT2D eigenvalue weighted by Crippen LogP contribution is -2.47. The first-order valence-corrected chi connectivity index (χ1v) is 7.20. The molecule has 1 aromatic rings. The van der Waals surface area contributed by atoms with E-state index in [2.05, 4.69) is 0 Å². The Bertz CT molecular complexity index is 482. The van der Waals surface area contributed by atoms with Crippen LogP contribution in [0.15, 0.2) is 30.3 Å². The fourth-order valence-corrected chi connectivity index (χ4v) is 2.60. The van der Waals surface area contributed by atoms with E-state index in [0.717, 1.165) is 18.4 Å². The van der Waals surface area contributed by atoms with Crippen molar-refractivity contribution in [2.45, 2.75) is 25.3 Å². The van der Waals surface area contributed by atoms with Gasteiger partial charge in [-0.25, -0.2) is 4.79 Å². The van der Waals surface area contributed by atoms with Crippen molar-refractivity contribution in [1.82, 2.24) is 4.90 Å². The van der Waals surface area contributed by atoms with Gasteiger partial charge in [-0.05, 0) is 18.4 Å². The zero-order valence-electron chi connectivity index (χ0n) is 12.2. The molecule has 0 aliphatic carbocycles. The number of hydrogen-bond donors (Lipinski definition) is 1. The Morgan fingerprint density at radius 1 is 1.38 bits per heavy atom. The third-order valence-electron chi connectivity index (χ3n) is 3.88. The standard InChI is InChI=1S/C16H21NO4/c1-17(15(18)13-8-5-9-21-11-13)14(16(19)20)10-12-6-3-2-4-7-12/h2-4,6-7,13-14H,5,8-11H2,1H3,(H,19,20)/t13-,14-/m1/s1. The molecular formula is C16H21NO4. The maximum Gasteiger partial charge on any atom is 0.326 e. The van der Waals surface area contributed by atoms with Gasteiger partial charge in [-0.1, -0.05) is 30.3 Å². The molecule has 0 spiro atoms. The molecule has 0 unspecified atom stereocenters. The number of aliphatic carboxylic acids is 1. The van der Waals surface area contributed by atoms with E-state index < -0.39 is 12.0 Å². The van der Waals surface area contributed by atoms with Gasteiger partial charge in [-0.3, -0.25) is 4.79 Å². The molecule has 1 fully saturated rings. The lowest BCUT2D eigenvalue weighted by atomic mass is 9.98. The molecule has 2 atom stereocenters. The lowest BCUT2D eigenvalue weighted by Gasteiger charge is -2.30. The minimum absolute atomic E-state index is 0.141. The lowest BCUT2D eigenvalue weighted by molar-refractivity contribution is -0.152. The van der Waals surface area contributed by atoms with Gasteiger partial charge in [-0.15, -0.1) is 0 Å². The summed E-state index contributed by atoms with van der Waals surface area (Å²) in [6.07, 6.45) is 1.92. The molecule has 5 nitrogen and oxygen atoms in total. The first kappa shape index (κ1) is 15.5. The summed E-state index contributed by atoms with van der Waals surface area (Å²) < 4.78 is 5.32. The molecule has 1 aliphatic rings. The quantitative estimate of drug-likeness (QED) is 0.894. The van der Waals surface area contributed by atoms with Gasteiger partial charge in [0.05, 0.1) is 12.5 Å². The molecule has 2 rings (SSSR count). The summed E-state index contributed by atoms with van der Waals surface area (Å²) in [7, 11) is 1.57. The van der Waals surface area contributed by atoms with E-state index in [1.54, 1.807) is 7.05 Å². The van der Waals surface area contributed by atoms with E-state index in [0.29, 0.717) is 19.6 Å². The topological polar surface area (TPSA) is 66.8 Å². The predicted octanol–water partition coefficient (Wildman–Crippen LogP) is 1.57. The van der Waals surface area contributed by atoms with Gasteiger partial charge in [0.2, 0.25) is 5.91 Å². The molecule has 1 heterocycles. The first-order valence-electron chi connectivity index (χ1n) is 7.20. The summed E-state index contributed by atoms with van der Waals surface area (Å²) in [5, 5.41) is 9.43. The number of rotatable bonds is 5. The molecule has 0 aromatic heterocycles. The van der Waals surface area contributed by atoms with Gasteiger partial charge in [-0.2, -0.15) is 0 Å². The van der Waals surface area contributed by atoms with Gasteiger partial charge in [0.1, 0.15) is 6.04 Å². The summed E-state index contributed by atoms with van der Waals surface area (Å²) in [6.45, 7) is 1.07. The second-order valence-electron chi connectivity index (χ2n) is 5.41. The van der Waals surface area contributed by atoms with Gasteiger partial charge >= 0.3 is 5.97 Å². The molecule has 114 valence electrons. The van der Waals surface area contributed by atoms with Crippen molar-refractivity contribution in [3.05, 3.63) is 35.9 Å². The van der Waals surface area contributed by atoms with E-state index in [1.807, 2.05) is 30.3 Å². The number of carboxylic acids is 1. The van der Waals surface area contributed by atoms with Crippen molar-refractivity contribution >= 4 is 11.9 Å². The third kappa shape index (κ3) is 4.04. The van der Waals surface area contributed by atoms with Crippen LogP contribution in [-0.4, -0.2) is 48.2 Å². The number of ether oxygens (including phenoxy) is 1. The van der Waals surface area contributed by atoms with Gasteiger partial charge in [0.15, 0.2) is 0 Å². The molecule has 0 bridgehead atoms. The zero-order valence-corrected chi connectivity index (χ0v) is 12.2. The van der Waals surface area contributed by atoms with Crippen LogP contribution >= 0.6 is 0 Å². The molecule has 0 radical (unpaired) electrons. The molecule has 1 amide bonds. The van der Waals surface area contributed by atoms with Gasteiger partial charge in [0.25, 0.3) is 0 Å². The first-order chi connectivity index (χ1) is 10.1. The largest absolute Gasteiger partial charge is 0.480 e. The van der Waals surface area contributed by atoms with Crippen LogP contribution in [0.25, 0.3) is 0 Å². The normalized spacial score (nSPS) is 19.8. The van der Waals surface area contributed by atoms with E-state index in [4.69, 9.17) is 4.74 Å². The Kier molecular flexibility index (Phi) is 5.33. The van der Waals surface area contributed by atoms with Crippen LogP contribution in [0.3, 0.4) is 0 Å². The van der Waals surface area contributed by atoms with Crippen LogP contribution in [0, 0.1) is 5.92 Å². The summed E-state index contributed by atoms with van der Waals surface area (Å²) >= 11 is 0. The molecular weight excluding hydrogens is 270 g/mol. The van der Waals surface area contributed by atoms with Crippen LogP contribution in [0.1, 0.15) is 18.4 Å². The monoisotopic (exact) mass is 291 g/mol. The highest BCUT2D eigenvalue weighted by atomic mass is 16.5. The predicted molar refractivity (Wildman–Crippen MR) is 77.9 cm³/mol. The summed E-state index contributed by atoms with van der Waals surface area (Å²) in [5.74, 6) is -1.34. The minimum atomic E-state index is -0.980. The van der Waals surface area contributed by atoms with Crippen molar-refractivity contribution in [1.29, 1.82) is 0 Å². The number of hydrogen-bond acceptors (Lipinski definition) is 3. The maximum absolute atomic E-state index is 12.4. The minimum Gasteiger partial charge on any atom is -0.480 e. The Labute approximate surface area is 124 Å². The number of amides is 1. The molecule has 1 N–H and O–H groups in total. The number of carbonyl (C=O) groups excluding carboxylic acids is 1. The van der Waals surface area contributed by atoms with E-state index in [-0.39, 0.29) is 11.8 Å². The average Bonchev–Trinajstić information content (AvgIpc) is 2.53. The van der Waals surface area contributed by atoms with Crippen LogP contribution < -0.4 is 0 Å². The Hall–Kier alpha value is -1.88. The van der Waals surface area contributed by atoms with Gasteiger partial charge in [0, 0.05) is 20.1 Å².